The average molecular weight is 354 g/mol. The number of amides is 1. The Kier molecular flexibility index (Phi) is 4.49. The van der Waals surface area contributed by atoms with E-state index in [4.69, 9.17) is 0 Å². The van der Waals surface area contributed by atoms with Crippen LogP contribution in [-0.2, 0) is 7.05 Å². The predicted octanol–water partition coefficient (Wildman–Crippen LogP) is 1.93. The van der Waals surface area contributed by atoms with E-state index >= 15 is 0 Å². The number of nitrogens with zero attached hydrogens (tertiary/aromatic N) is 3. The largest absolute Gasteiger partial charge is 0.507 e. The molecule has 0 spiro atoms. The molecule has 8 heteroatoms. The topological polar surface area (TPSA) is 96.6 Å². The highest BCUT2D eigenvalue weighted by Crippen LogP contribution is 2.18. The number of hydrogen-bond acceptors (Lipinski definition) is 5. The molecule has 0 bridgehead atoms. The zero-order chi connectivity index (χ0) is 18.8. The highest BCUT2D eigenvalue weighted by Gasteiger charge is 2.15. The number of hydrogen-bond donors (Lipinski definition) is 2. The van der Waals surface area contributed by atoms with Crippen molar-refractivity contribution in [1.29, 1.82) is 0 Å². The maximum Gasteiger partial charge on any atom is 0.292 e. The first-order valence-corrected chi connectivity index (χ1v) is 7.68. The van der Waals surface area contributed by atoms with Gasteiger partial charge in [-0.1, -0.05) is 18.2 Å². The first-order chi connectivity index (χ1) is 12.4. The molecule has 7 nitrogen and oxygen atoms in total. The molecule has 2 N–H and O–H groups in total. The summed E-state index contributed by atoms with van der Waals surface area (Å²) in [4.78, 5) is 24.6. The Bertz CT molecular complexity index is 1110. The number of carbonyl (C=O) groups excluding carboxylic acids is 1. The molecule has 3 rings (SSSR count). The third-order valence-corrected chi connectivity index (χ3v) is 3.85. The quantitative estimate of drug-likeness (QED) is 0.555. The van der Waals surface area contributed by atoms with Crippen LogP contribution in [0.25, 0.3) is 10.8 Å². The number of aromatic nitrogens is 2. The van der Waals surface area contributed by atoms with E-state index in [-0.39, 0.29) is 28.3 Å². The van der Waals surface area contributed by atoms with Crippen molar-refractivity contribution in [2.75, 3.05) is 0 Å². The summed E-state index contributed by atoms with van der Waals surface area (Å²) in [7, 11) is 1.45. The third kappa shape index (κ3) is 3.16. The summed E-state index contributed by atoms with van der Waals surface area (Å²) in [6.07, 6.45) is 0. The molecule has 0 aliphatic heterocycles. The third-order valence-electron chi connectivity index (χ3n) is 3.85. The Morgan fingerprint density at radius 3 is 2.65 bits per heavy atom. The number of hydrazone groups is 1. The molecule has 0 fully saturated rings. The van der Waals surface area contributed by atoms with Gasteiger partial charge in [-0.2, -0.15) is 10.2 Å². The highest BCUT2D eigenvalue weighted by atomic mass is 19.1. The molecule has 132 valence electrons. The molecule has 0 aliphatic rings. The van der Waals surface area contributed by atoms with Crippen molar-refractivity contribution < 1.29 is 14.3 Å². The van der Waals surface area contributed by atoms with E-state index < -0.39 is 11.7 Å². The second-order valence-electron chi connectivity index (χ2n) is 5.62. The second kappa shape index (κ2) is 6.75. The van der Waals surface area contributed by atoms with E-state index in [1.165, 1.54) is 20.0 Å². The van der Waals surface area contributed by atoms with E-state index in [1.807, 2.05) is 0 Å². The number of carbonyl (C=O) groups is 1. The summed E-state index contributed by atoms with van der Waals surface area (Å²) in [6, 6.07) is 10.0. The van der Waals surface area contributed by atoms with Gasteiger partial charge < -0.3 is 5.11 Å². The Labute approximate surface area is 147 Å². The monoisotopic (exact) mass is 354 g/mol. The number of aryl methyl sites for hydroxylation is 1. The van der Waals surface area contributed by atoms with Crippen molar-refractivity contribution in [3.63, 3.8) is 0 Å². The van der Waals surface area contributed by atoms with Crippen LogP contribution in [-0.4, -0.2) is 26.5 Å². The van der Waals surface area contributed by atoms with Crippen molar-refractivity contribution >= 4 is 22.4 Å². The van der Waals surface area contributed by atoms with Gasteiger partial charge in [-0.3, -0.25) is 9.59 Å². The summed E-state index contributed by atoms with van der Waals surface area (Å²) in [6.45, 7) is 1.51. The first kappa shape index (κ1) is 17.3. The lowest BCUT2D eigenvalue weighted by Crippen LogP contribution is -2.27. The van der Waals surface area contributed by atoms with Crippen molar-refractivity contribution in [3.8, 4) is 5.75 Å². The first-order valence-electron chi connectivity index (χ1n) is 7.68. The summed E-state index contributed by atoms with van der Waals surface area (Å²) in [5.74, 6) is -1.33. The fraction of sp³-hybridized carbons (Fsp3) is 0.111. The molecule has 2 aromatic carbocycles. The van der Waals surface area contributed by atoms with Crippen LogP contribution in [0.1, 0.15) is 23.0 Å². The standard InChI is InChI=1S/C18H15FN4O3/c1-10(14-9-11(19)7-8-15(14)24)20-21-17(25)16-12-5-3-4-6-13(12)18(26)23(2)22-16/h3-9,24H,1-2H3,(H,21,25)/b20-10+. The minimum absolute atomic E-state index is 0.0303. The number of phenolic OH excluding ortho intramolecular Hbond substituents is 1. The fourth-order valence-electron chi connectivity index (χ4n) is 2.51. The predicted molar refractivity (Wildman–Crippen MR) is 94.7 cm³/mol. The van der Waals surface area contributed by atoms with Crippen LogP contribution >= 0.6 is 0 Å². The van der Waals surface area contributed by atoms with Crippen LogP contribution in [0, 0.1) is 5.82 Å². The fourth-order valence-corrected chi connectivity index (χ4v) is 2.51. The van der Waals surface area contributed by atoms with E-state index in [9.17, 15) is 19.1 Å². The molecular formula is C18H15FN4O3. The molecule has 3 aromatic rings. The van der Waals surface area contributed by atoms with Gasteiger partial charge in [0.25, 0.3) is 11.5 Å². The van der Waals surface area contributed by atoms with Gasteiger partial charge in [0.2, 0.25) is 0 Å². The van der Waals surface area contributed by atoms with Crippen LogP contribution in [0.3, 0.4) is 0 Å². The van der Waals surface area contributed by atoms with Crippen LogP contribution < -0.4 is 11.0 Å². The molecular weight excluding hydrogens is 339 g/mol. The number of aromatic hydroxyl groups is 1. The van der Waals surface area contributed by atoms with Gasteiger partial charge in [0.1, 0.15) is 11.6 Å². The van der Waals surface area contributed by atoms with Crippen LogP contribution in [0.2, 0.25) is 0 Å². The number of rotatable bonds is 3. The number of halogens is 1. The number of benzene rings is 2. The Balaban J connectivity index is 1.96. The van der Waals surface area contributed by atoms with Gasteiger partial charge in [0.05, 0.1) is 11.1 Å². The summed E-state index contributed by atoms with van der Waals surface area (Å²) < 4.78 is 14.4. The Morgan fingerprint density at radius 2 is 1.92 bits per heavy atom. The lowest BCUT2D eigenvalue weighted by molar-refractivity contribution is 0.0949. The molecule has 1 heterocycles. The van der Waals surface area contributed by atoms with Crippen molar-refractivity contribution in [1.82, 2.24) is 15.2 Å². The lowest BCUT2D eigenvalue weighted by Gasteiger charge is -2.08. The van der Waals surface area contributed by atoms with Gasteiger partial charge in [-0.15, -0.1) is 0 Å². The molecule has 1 amide bonds. The van der Waals surface area contributed by atoms with E-state index in [0.717, 1.165) is 16.8 Å². The Hall–Kier alpha value is -3.55. The number of nitrogens with one attached hydrogen (secondary N) is 1. The molecule has 0 aliphatic carbocycles. The SMILES string of the molecule is C/C(=N\NC(=O)c1nn(C)c(=O)c2ccccc12)c1cc(F)ccc1O. The smallest absolute Gasteiger partial charge is 0.292 e. The van der Waals surface area contributed by atoms with Gasteiger partial charge in [-0.25, -0.2) is 14.5 Å². The normalized spacial score (nSPS) is 11.6. The summed E-state index contributed by atoms with van der Waals surface area (Å²) in [5.41, 5.74) is 2.40. The van der Waals surface area contributed by atoms with Gasteiger partial charge in [0, 0.05) is 18.0 Å². The summed E-state index contributed by atoms with van der Waals surface area (Å²) >= 11 is 0. The number of phenols is 1. The molecule has 26 heavy (non-hydrogen) atoms. The zero-order valence-electron chi connectivity index (χ0n) is 14.0. The maximum absolute atomic E-state index is 13.3. The average Bonchev–Trinajstić information content (AvgIpc) is 2.64. The molecule has 1 aromatic heterocycles. The van der Waals surface area contributed by atoms with Crippen LogP contribution in [0.4, 0.5) is 4.39 Å². The molecule has 0 saturated heterocycles. The maximum atomic E-state index is 13.3. The lowest BCUT2D eigenvalue weighted by atomic mass is 10.1. The zero-order valence-corrected chi connectivity index (χ0v) is 14.0. The van der Waals surface area contributed by atoms with Gasteiger partial charge in [0.15, 0.2) is 5.69 Å². The van der Waals surface area contributed by atoms with E-state index in [2.05, 4.69) is 15.6 Å². The van der Waals surface area contributed by atoms with Crippen molar-refractivity contribution in [2.24, 2.45) is 12.1 Å². The molecule has 0 saturated carbocycles. The summed E-state index contributed by atoms with van der Waals surface area (Å²) in [5, 5.41) is 18.4. The minimum Gasteiger partial charge on any atom is -0.507 e. The molecule has 0 atom stereocenters. The van der Waals surface area contributed by atoms with E-state index in [0.29, 0.717) is 10.8 Å². The van der Waals surface area contributed by atoms with Crippen LogP contribution in [0.15, 0.2) is 52.4 Å². The highest BCUT2D eigenvalue weighted by molar-refractivity contribution is 6.06. The van der Waals surface area contributed by atoms with Crippen molar-refractivity contribution in [2.45, 2.75) is 6.92 Å². The van der Waals surface area contributed by atoms with Crippen molar-refractivity contribution in [3.05, 3.63) is 69.9 Å². The van der Waals surface area contributed by atoms with Gasteiger partial charge in [-0.05, 0) is 31.2 Å². The van der Waals surface area contributed by atoms with Gasteiger partial charge >= 0.3 is 0 Å². The second-order valence-corrected chi connectivity index (χ2v) is 5.62. The minimum atomic E-state index is -0.632. The van der Waals surface area contributed by atoms with E-state index in [1.54, 1.807) is 24.3 Å². The molecule has 0 radical (unpaired) electrons. The van der Waals surface area contributed by atoms with Crippen LogP contribution in [0.5, 0.6) is 5.75 Å². The molecule has 0 unspecified atom stereocenters. The Morgan fingerprint density at radius 1 is 1.23 bits per heavy atom. The number of fused-ring (bicyclic) bond motifs is 1.